The maximum absolute atomic E-state index is 13.1. The molecule has 0 unspecified atom stereocenters. The Bertz CT molecular complexity index is 891. The van der Waals surface area contributed by atoms with Crippen LogP contribution in [0.4, 0.5) is 0 Å². The van der Waals surface area contributed by atoms with Crippen LogP contribution in [0.25, 0.3) is 0 Å². The number of sulfonamides is 1. The quantitative estimate of drug-likeness (QED) is 0.723. The molecule has 0 amide bonds. The van der Waals surface area contributed by atoms with E-state index in [0.717, 1.165) is 30.4 Å². The first-order valence-electron chi connectivity index (χ1n) is 9.32. The third-order valence-corrected chi connectivity index (χ3v) is 6.92. The monoisotopic (exact) mass is 389 g/mol. The molecule has 1 heterocycles. The van der Waals surface area contributed by atoms with Crippen molar-refractivity contribution >= 4 is 10.0 Å². The second-order valence-electron chi connectivity index (χ2n) is 6.81. The number of hydrogen-bond acceptors (Lipinski definition) is 4. The summed E-state index contributed by atoms with van der Waals surface area (Å²) in [6.07, 6.45) is 3.88. The molecule has 0 spiro atoms. The normalized spacial score (nSPS) is 14.6. The average molecular weight is 390 g/mol. The topological polar surface area (TPSA) is 55.8 Å². The predicted molar refractivity (Wildman–Crippen MR) is 106 cm³/mol. The van der Waals surface area contributed by atoms with Crippen molar-refractivity contribution in [2.45, 2.75) is 44.0 Å². The van der Waals surface area contributed by atoms with Gasteiger partial charge in [0.15, 0.2) is 11.5 Å². The molecule has 146 valence electrons. The molecule has 0 saturated heterocycles. The highest BCUT2D eigenvalue weighted by molar-refractivity contribution is 7.89. The fourth-order valence-corrected chi connectivity index (χ4v) is 4.84. The van der Waals surface area contributed by atoms with Crippen LogP contribution in [0.2, 0.25) is 0 Å². The number of aryl methyl sites for hydroxylation is 1. The van der Waals surface area contributed by atoms with Gasteiger partial charge in [0.1, 0.15) is 0 Å². The molecule has 0 aromatic heterocycles. The second-order valence-corrected chi connectivity index (χ2v) is 8.75. The van der Waals surface area contributed by atoms with Crippen molar-refractivity contribution in [3.63, 3.8) is 0 Å². The maximum Gasteiger partial charge on any atom is 0.243 e. The van der Waals surface area contributed by atoms with E-state index >= 15 is 0 Å². The minimum absolute atomic E-state index is 0.343. The molecule has 5 nitrogen and oxygen atoms in total. The van der Waals surface area contributed by atoms with Gasteiger partial charge in [-0.3, -0.25) is 0 Å². The molecule has 2 aromatic carbocycles. The van der Waals surface area contributed by atoms with Crippen LogP contribution in [0.5, 0.6) is 11.5 Å². The van der Waals surface area contributed by atoms with Gasteiger partial charge in [-0.1, -0.05) is 25.5 Å². The Morgan fingerprint density at radius 1 is 1.00 bits per heavy atom. The number of ether oxygens (including phenoxy) is 2. The molecule has 0 N–H and O–H groups in total. The van der Waals surface area contributed by atoms with E-state index in [1.54, 1.807) is 30.7 Å². The van der Waals surface area contributed by atoms with Crippen molar-refractivity contribution in [1.82, 2.24) is 4.31 Å². The molecule has 0 atom stereocenters. The lowest BCUT2D eigenvalue weighted by atomic mass is 10.0. The number of hydrogen-bond donors (Lipinski definition) is 0. The SMILES string of the molecule is CCCCc1ccc(S(=O)(=O)N2CCc3cc(OC)c(OC)cc3C2)cc1. The van der Waals surface area contributed by atoms with E-state index in [1.807, 2.05) is 24.3 Å². The number of unbranched alkanes of at least 4 members (excludes halogenated alkanes) is 1. The molecule has 0 bridgehead atoms. The zero-order valence-corrected chi connectivity index (χ0v) is 17.0. The number of rotatable bonds is 7. The van der Waals surface area contributed by atoms with Crippen molar-refractivity contribution < 1.29 is 17.9 Å². The minimum atomic E-state index is -3.52. The maximum atomic E-state index is 13.1. The van der Waals surface area contributed by atoms with Crippen molar-refractivity contribution in [3.8, 4) is 11.5 Å². The van der Waals surface area contributed by atoms with Crippen molar-refractivity contribution in [2.24, 2.45) is 0 Å². The summed E-state index contributed by atoms with van der Waals surface area (Å²) in [5, 5.41) is 0. The lowest BCUT2D eigenvalue weighted by molar-refractivity contribution is 0.348. The van der Waals surface area contributed by atoms with Crippen molar-refractivity contribution in [3.05, 3.63) is 53.1 Å². The highest BCUT2D eigenvalue weighted by Crippen LogP contribution is 2.34. The molecule has 0 saturated carbocycles. The van der Waals surface area contributed by atoms with Crippen LogP contribution in [0.15, 0.2) is 41.3 Å². The molecule has 0 radical (unpaired) electrons. The fourth-order valence-electron chi connectivity index (χ4n) is 3.42. The van der Waals surface area contributed by atoms with Crippen LogP contribution in [0.3, 0.4) is 0 Å². The van der Waals surface area contributed by atoms with Gasteiger partial charge in [0.25, 0.3) is 0 Å². The molecular weight excluding hydrogens is 362 g/mol. The van der Waals surface area contributed by atoms with Gasteiger partial charge in [-0.25, -0.2) is 8.42 Å². The van der Waals surface area contributed by atoms with Gasteiger partial charge in [-0.2, -0.15) is 4.31 Å². The lowest BCUT2D eigenvalue weighted by Gasteiger charge is -2.29. The summed E-state index contributed by atoms with van der Waals surface area (Å²) in [7, 11) is -0.326. The van der Waals surface area contributed by atoms with E-state index in [2.05, 4.69) is 6.92 Å². The molecular formula is C21H27NO4S. The van der Waals surface area contributed by atoms with Crippen LogP contribution in [0, 0.1) is 0 Å². The van der Waals surface area contributed by atoms with Crippen molar-refractivity contribution in [1.29, 1.82) is 0 Å². The third-order valence-electron chi connectivity index (χ3n) is 5.06. The largest absolute Gasteiger partial charge is 0.493 e. The van der Waals surface area contributed by atoms with Crippen LogP contribution in [0.1, 0.15) is 36.5 Å². The Kier molecular flexibility index (Phi) is 6.07. The summed E-state index contributed by atoms with van der Waals surface area (Å²) >= 11 is 0. The minimum Gasteiger partial charge on any atom is -0.493 e. The Morgan fingerprint density at radius 3 is 2.22 bits per heavy atom. The summed E-state index contributed by atoms with van der Waals surface area (Å²) < 4.78 is 38.4. The van der Waals surface area contributed by atoms with Gasteiger partial charge in [0, 0.05) is 13.1 Å². The zero-order valence-electron chi connectivity index (χ0n) is 16.2. The molecule has 0 fully saturated rings. The van der Waals surface area contributed by atoms with E-state index in [9.17, 15) is 8.42 Å². The van der Waals surface area contributed by atoms with Crippen LogP contribution in [-0.4, -0.2) is 33.5 Å². The number of benzene rings is 2. The molecule has 0 aliphatic carbocycles. The van der Waals surface area contributed by atoms with Crippen molar-refractivity contribution in [2.75, 3.05) is 20.8 Å². The van der Waals surface area contributed by atoms with Crippen LogP contribution in [-0.2, 0) is 29.4 Å². The Morgan fingerprint density at radius 2 is 1.63 bits per heavy atom. The fraction of sp³-hybridized carbons (Fsp3) is 0.429. The molecule has 6 heteroatoms. The van der Waals surface area contributed by atoms with E-state index in [1.165, 1.54) is 5.56 Å². The number of methoxy groups -OCH3 is 2. The Hall–Kier alpha value is -2.05. The van der Waals surface area contributed by atoms with Gasteiger partial charge >= 0.3 is 0 Å². The third kappa shape index (κ3) is 4.12. The number of nitrogens with zero attached hydrogens (tertiary/aromatic N) is 1. The molecule has 1 aliphatic rings. The molecule has 2 aromatic rings. The average Bonchev–Trinajstić information content (AvgIpc) is 2.70. The molecule has 27 heavy (non-hydrogen) atoms. The summed E-state index contributed by atoms with van der Waals surface area (Å²) in [6.45, 7) is 2.95. The van der Waals surface area contributed by atoms with Gasteiger partial charge in [0.2, 0.25) is 10.0 Å². The van der Waals surface area contributed by atoms with Gasteiger partial charge in [-0.05, 0) is 60.2 Å². The standard InChI is InChI=1S/C21H27NO4S/c1-4-5-6-16-7-9-19(10-8-16)27(23,24)22-12-11-17-13-20(25-2)21(26-3)14-18(17)15-22/h7-10,13-14H,4-6,11-12,15H2,1-3H3. The Balaban J connectivity index is 1.83. The summed E-state index contributed by atoms with van der Waals surface area (Å²) in [4.78, 5) is 0.353. The second kappa shape index (κ2) is 8.31. The lowest BCUT2D eigenvalue weighted by Crippen LogP contribution is -2.36. The zero-order chi connectivity index (χ0) is 19.4. The van der Waals surface area contributed by atoms with Gasteiger partial charge in [0.05, 0.1) is 19.1 Å². The molecule has 1 aliphatic heterocycles. The Labute approximate surface area is 162 Å². The summed E-state index contributed by atoms with van der Waals surface area (Å²) in [5.41, 5.74) is 3.24. The van der Waals surface area contributed by atoms with Gasteiger partial charge < -0.3 is 9.47 Å². The highest BCUT2D eigenvalue weighted by Gasteiger charge is 2.29. The molecule has 3 rings (SSSR count). The first-order valence-corrected chi connectivity index (χ1v) is 10.8. The summed E-state index contributed by atoms with van der Waals surface area (Å²) in [6, 6.07) is 11.1. The van der Waals surface area contributed by atoms with E-state index in [4.69, 9.17) is 9.47 Å². The van der Waals surface area contributed by atoms with E-state index < -0.39 is 10.0 Å². The van der Waals surface area contributed by atoms with Gasteiger partial charge in [-0.15, -0.1) is 0 Å². The number of fused-ring (bicyclic) bond motifs is 1. The highest BCUT2D eigenvalue weighted by atomic mass is 32.2. The summed E-state index contributed by atoms with van der Waals surface area (Å²) in [5.74, 6) is 1.30. The van der Waals surface area contributed by atoms with E-state index in [-0.39, 0.29) is 0 Å². The van der Waals surface area contributed by atoms with Crippen LogP contribution >= 0.6 is 0 Å². The van der Waals surface area contributed by atoms with Crippen LogP contribution < -0.4 is 9.47 Å². The first kappa shape index (κ1) is 19.7. The first-order chi connectivity index (χ1) is 13.0. The predicted octanol–water partition coefficient (Wildman–Crippen LogP) is 3.79. The van der Waals surface area contributed by atoms with E-state index in [0.29, 0.717) is 35.9 Å². The smallest absolute Gasteiger partial charge is 0.243 e.